The molecule has 0 aliphatic carbocycles. The van der Waals surface area contributed by atoms with E-state index in [9.17, 15) is 14.7 Å². The van der Waals surface area contributed by atoms with Gasteiger partial charge in [0.05, 0.1) is 5.56 Å². The number of hydrogen-bond donors (Lipinski definition) is 0. The highest BCUT2D eigenvalue weighted by Crippen LogP contribution is 2.18. The molecule has 0 bridgehead atoms. The Hall–Kier alpha value is -2.62. The van der Waals surface area contributed by atoms with E-state index in [0.717, 1.165) is 0 Å². The normalized spacial score (nSPS) is 9.78. The third-order valence-corrected chi connectivity index (χ3v) is 2.25. The lowest BCUT2D eigenvalue weighted by Gasteiger charge is -2.04. The molecule has 0 aliphatic heterocycles. The van der Waals surface area contributed by atoms with Gasteiger partial charge in [-0.25, -0.2) is 4.79 Å². The van der Waals surface area contributed by atoms with E-state index in [-0.39, 0.29) is 22.6 Å². The summed E-state index contributed by atoms with van der Waals surface area (Å²) >= 11 is 0. The first kappa shape index (κ1) is 11.9. The predicted molar refractivity (Wildman–Crippen MR) is 62.8 cm³/mol. The number of rotatable bonds is 3. The van der Waals surface area contributed by atoms with Crippen LogP contribution in [0.1, 0.15) is 15.9 Å². The van der Waals surface area contributed by atoms with E-state index in [2.05, 4.69) is 0 Å². The average Bonchev–Trinajstić information content (AvgIpc) is 2.41. The molecule has 2 aromatic carbocycles. The van der Waals surface area contributed by atoms with Crippen LogP contribution < -0.4 is 4.74 Å². The summed E-state index contributed by atoms with van der Waals surface area (Å²) < 4.78 is 5.05. The Labute approximate surface area is 103 Å². The second kappa shape index (κ2) is 5.14. The lowest BCUT2D eigenvalue weighted by molar-refractivity contribution is 0.0734. The quantitative estimate of drug-likeness (QED) is 0.611. The molecule has 4 heteroatoms. The van der Waals surface area contributed by atoms with Gasteiger partial charge >= 0.3 is 5.97 Å². The third kappa shape index (κ3) is 2.74. The summed E-state index contributed by atoms with van der Waals surface area (Å²) in [5.74, 6) is -0.474. The number of carbonyl (C=O) groups excluding carboxylic acids is 2. The summed E-state index contributed by atoms with van der Waals surface area (Å²) in [7, 11) is 0. The molecule has 18 heavy (non-hydrogen) atoms. The molecule has 2 radical (unpaired) electrons. The summed E-state index contributed by atoms with van der Waals surface area (Å²) in [6.07, 6.45) is 1.69. The van der Waals surface area contributed by atoms with Crippen molar-refractivity contribution in [2.75, 3.05) is 0 Å². The van der Waals surface area contributed by atoms with E-state index >= 15 is 0 Å². The topological polar surface area (TPSA) is 63.3 Å². The molecule has 88 valence electrons. The molecule has 0 amide bonds. The Bertz CT molecular complexity index is 573. The minimum absolute atomic E-state index is 0.160. The van der Waals surface area contributed by atoms with Gasteiger partial charge < -0.3 is 4.74 Å². The molecule has 0 atom stereocenters. The van der Waals surface area contributed by atoms with Crippen LogP contribution in [0.2, 0.25) is 0 Å². The lowest BCUT2D eigenvalue weighted by atomic mass is 10.1. The van der Waals surface area contributed by atoms with Crippen LogP contribution in [0.25, 0.3) is 0 Å². The van der Waals surface area contributed by atoms with Gasteiger partial charge in [-0.2, -0.15) is 0 Å². The van der Waals surface area contributed by atoms with Gasteiger partial charge in [0, 0.05) is 5.56 Å². The molecule has 0 saturated heterocycles. The Kier molecular flexibility index (Phi) is 3.38. The second-order valence-corrected chi connectivity index (χ2v) is 3.54. The Morgan fingerprint density at radius 3 is 2.44 bits per heavy atom. The average molecular weight is 240 g/mol. The number of ether oxygens (including phenoxy) is 1. The molecule has 0 fully saturated rings. The van der Waals surface area contributed by atoms with Crippen LogP contribution in [0.4, 0.5) is 0 Å². The second-order valence-electron chi connectivity index (χ2n) is 3.54. The molecule has 0 spiro atoms. The highest BCUT2D eigenvalue weighted by Gasteiger charge is 2.09. The first-order chi connectivity index (χ1) is 8.69. The number of esters is 1. The molecule has 2 aromatic rings. The molecular formula is C14H8O4. The van der Waals surface area contributed by atoms with Crippen molar-refractivity contribution in [1.82, 2.24) is 0 Å². The van der Waals surface area contributed by atoms with E-state index in [1.54, 1.807) is 12.4 Å². The fraction of sp³-hybridized carbons (Fsp3) is 0. The highest BCUT2D eigenvalue weighted by atomic mass is 16.5. The Balaban J connectivity index is 2.16. The van der Waals surface area contributed by atoms with Crippen molar-refractivity contribution in [1.29, 1.82) is 0 Å². The zero-order valence-electron chi connectivity index (χ0n) is 9.25. The summed E-state index contributed by atoms with van der Waals surface area (Å²) in [5.41, 5.74) is 0.529. The number of hydrogen-bond acceptors (Lipinski definition) is 3. The summed E-state index contributed by atoms with van der Waals surface area (Å²) in [6, 6.07) is 11.5. The van der Waals surface area contributed by atoms with Crippen LogP contribution in [-0.2, 0) is 9.90 Å². The van der Waals surface area contributed by atoms with Crippen molar-refractivity contribution in [2.45, 2.75) is 0 Å². The molecule has 0 aromatic heterocycles. The minimum Gasteiger partial charge on any atom is -0.423 e. The first-order valence-electron chi connectivity index (χ1n) is 5.16. The molecule has 2 rings (SSSR count). The standard InChI is InChI=1S/C14H8O4/c15-9-10-2-1-3-11(8-10)14(17)18-13-6-4-12(16)5-7-13/h1-8H. The van der Waals surface area contributed by atoms with E-state index in [1.165, 1.54) is 42.5 Å². The minimum atomic E-state index is -0.592. The molecule has 4 nitrogen and oxygen atoms in total. The van der Waals surface area contributed by atoms with Gasteiger partial charge in [-0.1, -0.05) is 12.1 Å². The molecule has 0 heterocycles. The van der Waals surface area contributed by atoms with E-state index in [4.69, 9.17) is 4.74 Å². The SMILES string of the molecule is [O]c1ccc(OC(=O)c2cccc([C]=O)c2)cc1. The largest absolute Gasteiger partial charge is 0.423 e. The van der Waals surface area contributed by atoms with Crippen LogP contribution in [-0.4, -0.2) is 12.3 Å². The van der Waals surface area contributed by atoms with Crippen LogP contribution in [0.3, 0.4) is 0 Å². The van der Waals surface area contributed by atoms with Crippen molar-refractivity contribution >= 4 is 12.3 Å². The molecular weight excluding hydrogens is 232 g/mol. The lowest BCUT2D eigenvalue weighted by Crippen LogP contribution is -2.08. The van der Waals surface area contributed by atoms with E-state index < -0.39 is 5.97 Å². The molecule has 0 aliphatic rings. The van der Waals surface area contributed by atoms with Gasteiger partial charge in [-0.05, 0) is 36.4 Å². The van der Waals surface area contributed by atoms with Crippen molar-refractivity contribution in [3.63, 3.8) is 0 Å². The molecule has 0 unspecified atom stereocenters. The zero-order valence-corrected chi connectivity index (χ0v) is 9.25. The maximum Gasteiger partial charge on any atom is 0.343 e. The summed E-state index contributed by atoms with van der Waals surface area (Å²) in [6.45, 7) is 0. The maximum absolute atomic E-state index is 11.7. The smallest absolute Gasteiger partial charge is 0.343 e. The highest BCUT2D eigenvalue weighted by molar-refractivity contribution is 5.93. The maximum atomic E-state index is 11.7. The number of benzene rings is 2. The van der Waals surface area contributed by atoms with Crippen molar-refractivity contribution in [3.05, 3.63) is 59.7 Å². The van der Waals surface area contributed by atoms with E-state index in [0.29, 0.717) is 0 Å². The van der Waals surface area contributed by atoms with Gasteiger partial charge in [-0.15, -0.1) is 0 Å². The predicted octanol–water partition coefficient (Wildman–Crippen LogP) is 2.51. The van der Waals surface area contributed by atoms with E-state index in [1.807, 2.05) is 0 Å². The summed E-state index contributed by atoms with van der Waals surface area (Å²) in [4.78, 5) is 22.2. The summed E-state index contributed by atoms with van der Waals surface area (Å²) in [5, 5.41) is 10.9. The van der Waals surface area contributed by atoms with Gasteiger partial charge in [0.2, 0.25) is 6.29 Å². The van der Waals surface area contributed by atoms with Crippen molar-refractivity contribution < 1.29 is 19.4 Å². The van der Waals surface area contributed by atoms with Crippen LogP contribution >= 0.6 is 0 Å². The van der Waals surface area contributed by atoms with Crippen molar-refractivity contribution in [3.8, 4) is 11.5 Å². The molecule has 0 saturated carbocycles. The Morgan fingerprint density at radius 1 is 1.06 bits per heavy atom. The monoisotopic (exact) mass is 240 g/mol. The first-order valence-corrected chi connectivity index (χ1v) is 5.16. The molecule has 0 N–H and O–H groups in total. The fourth-order valence-corrected chi connectivity index (χ4v) is 1.38. The Morgan fingerprint density at radius 2 is 1.78 bits per heavy atom. The van der Waals surface area contributed by atoms with Gasteiger partial charge in [0.15, 0.2) is 5.75 Å². The van der Waals surface area contributed by atoms with Crippen LogP contribution in [0.5, 0.6) is 11.5 Å². The van der Waals surface area contributed by atoms with Crippen LogP contribution in [0.15, 0.2) is 48.5 Å². The van der Waals surface area contributed by atoms with Gasteiger partial charge in [0.1, 0.15) is 5.75 Å². The third-order valence-electron chi connectivity index (χ3n) is 2.25. The zero-order chi connectivity index (χ0) is 13.0. The fourth-order valence-electron chi connectivity index (χ4n) is 1.38. The van der Waals surface area contributed by atoms with Crippen molar-refractivity contribution in [2.24, 2.45) is 0 Å². The number of carbonyl (C=O) groups is 1. The van der Waals surface area contributed by atoms with Gasteiger partial charge in [-0.3, -0.25) is 9.90 Å². The van der Waals surface area contributed by atoms with Crippen LogP contribution in [0, 0.1) is 0 Å². The van der Waals surface area contributed by atoms with Gasteiger partial charge in [0.25, 0.3) is 0 Å².